The van der Waals surface area contributed by atoms with Gasteiger partial charge in [0.2, 0.25) is 11.8 Å². The minimum atomic E-state index is -0.331. The second-order valence-electron chi connectivity index (χ2n) is 6.56. The Kier molecular flexibility index (Phi) is 4.30. The molecule has 114 valence electrons. The smallest absolute Gasteiger partial charge is 0.225 e. The molecule has 4 nitrogen and oxygen atoms in total. The Labute approximate surface area is 124 Å². The Morgan fingerprint density at radius 3 is 2.43 bits per heavy atom. The van der Waals surface area contributed by atoms with Crippen molar-refractivity contribution < 1.29 is 14.0 Å². The van der Waals surface area contributed by atoms with E-state index in [4.69, 9.17) is 0 Å². The lowest BCUT2D eigenvalue weighted by Crippen LogP contribution is -2.40. The molecule has 0 saturated carbocycles. The van der Waals surface area contributed by atoms with Gasteiger partial charge in [0.05, 0.1) is 12.0 Å². The van der Waals surface area contributed by atoms with E-state index in [1.807, 2.05) is 20.8 Å². The van der Waals surface area contributed by atoms with Gasteiger partial charge in [0.15, 0.2) is 0 Å². The number of benzene rings is 1. The van der Waals surface area contributed by atoms with Gasteiger partial charge in [0.1, 0.15) is 5.82 Å². The van der Waals surface area contributed by atoms with E-state index in [1.54, 1.807) is 12.1 Å². The molecule has 2 amide bonds. The van der Waals surface area contributed by atoms with Gasteiger partial charge in [-0.05, 0) is 23.1 Å². The third-order valence-electron chi connectivity index (χ3n) is 3.70. The third-order valence-corrected chi connectivity index (χ3v) is 3.70. The van der Waals surface area contributed by atoms with Crippen LogP contribution < -0.4 is 10.6 Å². The predicted octanol–water partition coefficient (Wildman–Crippen LogP) is 2.17. The molecule has 1 heterocycles. The number of amides is 2. The number of nitrogens with one attached hydrogen (secondary N) is 2. The number of carbonyl (C=O) groups excluding carboxylic acids is 2. The molecule has 1 aliphatic heterocycles. The summed E-state index contributed by atoms with van der Waals surface area (Å²) in [6.45, 7) is 6.42. The van der Waals surface area contributed by atoms with Crippen LogP contribution in [0.2, 0.25) is 0 Å². The highest BCUT2D eigenvalue weighted by molar-refractivity contribution is 5.89. The summed E-state index contributed by atoms with van der Waals surface area (Å²) in [4.78, 5) is 23.5. The zero-order valence-corrected chi connectivity index (χ0v) is 12.6. The van der Waals surface area contributed by atoms with Crippen LogP contribution in [0.15, 0.2) is 24.3 Å². The van der Waals surface area contributed by atoms with Gasteiger partial charge in [-0.15, -0.1) is 0 Å². The molecule has 0 radical (unpaired) electrons. The summed E-state index contributed by atoms with van der Waals surface area (Å²) in [5.41, 5.74) is 0.637. The molecule has 1 aromatic rings. The van der Waals surface area contributed by atoms with Gasteiger partial charge in [0.25, 0.3) is 0 Å². The van der Waals surface area contributed by atoms with Gasteiger partial charge in [0, 0.05) is 13.0 Å². The number of halogens is 1. The molecular weight excluding hydrogens is 271 g/mol. The first-order valence-corrected chi connectivity index (χ1v) is 7.10. The fraction of sp³-hybridized carbons (Fsp3) is 0.500. The molecule has 2 atom stereocenters. The van der Waals surface area contributed by atoms with Gasteiger partial charge in [-0.3, -0.25) is 9.59 Å². The molecular formula is C16H21FN2O2. The van der Waals surface area contributed by atoms with E-state index in [-0.39, 0.29) is 41.4 Å². The van der Waals surface area contributed by atoms with Crippen molar-refractivity contribution >= 4 is 11.8 Å². The number of hydrogen-bond acceptors (Lipinski definition) is 2. The van der Waals surface area contributed by atoms with E-state index in [1.165, 1.54) is 12.1 Å². The van der Waals surface area contributed by atoms with Crippen LogP contribution in [0.3, 0.4) is 0 Å². The Balaban J connectivity index is 2.15. The lowest BCUT2D eigenvalue weighted by Gasteiger charge is -2.32. The largest absolute Gasteiger partial charge is 0.355 e. The lowest BCUT2D eigenvalue weighted by atomic mass is 9.82. The summed E-state index contributed by atoms with van der Waals surface area (Å²) in [5, 5.41) is 5.66. The predicted molar refractivity (Wildman–Crippen MR) is 77.9 cm³/mol. The topological polar surface area (TPSA) is 58.2 Å². The SMILES string of the molecule is CC(C)(C)C(NC(=O)C1CNC(=O)C1)c1ccc(F)cc1. The van der Waals surface area contributed by atoms with Crippen molar-refractivity contribution in [3.05, 3.63) is 35.6 Å². The van der Waals surface area contributed by atoms with Gasteiger partial charge < -0.3 is 10.6 Å². The van der Waals surface area contributed by atoms with Crippen molar-refractivity contribution in [3.63, 3.8) is 0 Å². The van der Waals surface area contributed by atoms with Crippen LogP contribution in [0.25, 0.3) is 0 Å². The molecule has 0 aromatic heterocycles. The van der Waals surface area contributed by atoms with E-state index in [0.29, 0.717) is 6.54 Å². The average molecular weight is 292 g/mol. The van der Waals surface area contributed by atoms with Crippen LogP contribution in [-0.2, 0) is 9.59 Å². The van der Waals surface area contributed by atoms with E-state index in [2.05, 4.69) is 10.6 Å². The lowest BCUT2D eigenvalue weighted by molar-refractivity contribution is -0.127. The highest BCUT2D eigenvalue weighted by atomic mass is 19.1. The quantitative estimate of drug-likeness (QED) is 0.897. The number of rotatable bonds is 3. The zero-order valence-electron chi connectivity index (χ0n) is 12.6. The molecule has 1 aliphatic rings. The Morgan fingerprint density at radius 2 is 1.95 bits per heavy atom. The molecule has 21 heavy (non-hydrogen) atoms. The maximum Gasteiger partial charge on any atom is 0.225 e. The van der Waals surface area contributed by atoms with Crippen LogP contribution in [-0.4, -0.2) is 18.4 Å². The first kappa shape index (κ1) is 15.5. The van der Waals surface area contributed by atoms with E-state index in [0.717, 1.165) is 5.56 Å². The van der Waals surface area contributed by atoms with Crippen molar-refractivity contribution in [2.45, 2.75) is 33.2 Å². The number of carbonyl (C=O) groups is 2. The molecule has 5 heteroatoms. The van der Waals surface area contributed by atoms with Crippen molar-refractivity contribution in [1.82, 2.24) is 10.6 Å². The average Bonchev–Trinajstić information content (AvgIpc) is 2.82. The van der Waals surface area contributed by atoms with Crippen molar-refractivity contribution in [2.24, 2.45) is 11.3 Å². The van der Waals surface area contributed by atoms with Gasteiger partial charge >= 0.3 is 0 Å². The molecule has 1 fully saturated rings. The molecule has 0 spiro atoms. The standard InChI is InChI=1S/C16H21FN2O2/c1-16(2,3)14(10-4-6-12(17)7-5-10)19-15(21)11-8-13(20)18-9-11/h4-7,11,14H,8-9H2,1-3H3,(H,18,20)(H,19,21). The molecule has 0 aliphatic carbocycles. The molecule has 0 bridgehead atoms. The zero-order chi connectivity index (χ0) is 15.6. The second-order valence-corrected chi connectivity index (χ2v) is 6.56. The third kappa shape index (κ3) is 3.80. The highest BCUT2D eigenvalue weighted by Crippen LogP contribution is 2.33. The van der Waals surface area contributed by atoms with Crippen molar-refractivity contribution in [3.8, 4) is 0 Å². The van der Waals surface area contributed by atoms with E-state index >= 15 is 0 Å². The van der Waals surface area contributed by atoms with Crippen molar-refractivity contribution in [1.29, 1.82) is 0 Å². The van der Waals surface area contributed by atoms with E-state index in [9.17, 15) is 14.0 Å². The fourth-order valence-electron chi connectivity index (χ4n) is 2.51. The summed E-state index contributed by atoms with van der Waals surface area (Å²) in [5.74, 6) is -0.868. The van der Waals surface area contributed by atoms with Crippen molar-refractivity contribution in [2.75, 3.05) is 6.54 Å². The van der Waals surface area contributed by atoms with Crippen LogP contribution in [0, 0.1) is 17.2 Å². The summed E-state index contributed by atoms with van der Waals surface area (Å²) < 4.78 is 13.1. The Morgan fingerprint density at radius 1 is 1.33 bits per heavy atom. The summed E-state index contributed by atoms with van der Waals surface area (Å²) in [6.07, 6.45) is 0.228. The summed E-state index contributed by atoms with van der Waals surface area (Å²) in [6, 6.07) is 5.91. The summed E-state index contributed by atoms with van der Waals surface area (Å²) in [7, 11) is 0. The van der Waals surface area contributed by atoms with E-state index < -0.39 is 0 Å². The molecule has 2 N–H and O–H groups in total. The fourth-order valence-corrected chi connectivity index (χ4v) is 2.51. The molecule has 1 saturated heterocycles. The Hall–Kier alpha value is -1.91. The minimum Gasteiger partial charge on any atom is -0.355 e. The van der Waals surface area contributed by atoms with Gasteiger partial charge in [-0.2, -0.15) is 0 Å². The monoisotopic (exact) mass is 292 g/mol. The molecule has 1 aromatic carbocycles. The maximum absolute atomic E-state index is 13.1. The Bertz CT molecular complexity index is 534. The van der Waals surface area contributed by atoms with Crippen LogP contribution in [0.1, 0.15) is 38.8 Å². The van der Waals surface area contributed by atoms with Gasteiger partial charge in [-0.25, -0.2) is 4.39 Å². The highest BCUT2D eigenvalue weighted by Gasteiger charge is 2.33. The minimum absolute atomic E-state index is 0.0933. The van der Waals surface area contributed by atoms with Crippen LogP contribution in [0.5, 0.6) is 0 Å². The summed E-state index contributed by atoms with van der Waals surface area (Å²) >= 11 is 0. The maximum atomic E-state index is 13.1. The normalized spacial score (nSPS) is 20.0. The first-order chi connectivity index (χ1) is 9.77. The van der Waals surface area contributed by atoms with Crippen LogP contribution in [0.4, 0.5) is 4.39 Å². The first-order valence-electron chi connectivity index (χ1n) is 7.10. The molecule has 2 unspecified atom stereocenters. The second kappa shape index (κ2) is 5.84. The van der Waals surface area contributed by atoms with Crippen LogP contribution >= 0.6 is 0 Å². The van der Waals surface area contributed by atoms with Gasteiger partial charge in [-0.1, -0.05) is 32.9 Å². The molecule has 2 rings (SSSR count). The number of hydrogen-bond donors (Lipinski definition) is 2.